The van der Waals surface area contributed by atoms with Crippen LogP contribution in [0.1, 0.15) is 0 Å². The van der Waals surface area contributed by atoms with E-state index >= 15 is 0 Å². The van der Waals surface area contributed by atoms with E-state index in [2.05, 4.69) is 4.74 Å². The first kappa shape index (κ1) is 11.0. The summed E-state index contributed by atoms with van der Waals surface area (Å²) >= 11 is 0. The highest BCUT2D eigenvalue weighted by molar-refractivity contribution is 7.89. The number of primary sulfonamides is 1. The monoisotopic (exact) mass is 216 g/mol. The lowest BCUT2D eigenvalue weighted by molar-refractivity contribution is 0.475. The molecule has 2 rings (SSSR count). The van der Waals surface area contributed by atoms with Crippen LogP contribution >= 0.6 is 0 Å². The van der Waals surface area contributed by atoms with Gasteiger partial charge in [0.15, 0.2) is 0 Å². The number of rotatable bonds is 1. The lowest BCUT2D eigenvalue weighted by Crippen LogP contribution is -2.11. The van der Waals surface area contributed by atoms with Crippen LogP contribution in [0, 0.1) is 0 Å². The van der Waals surface area contributed by atoms with Gasteiger partial charge in [-0.25, -0.2) is 13.6 Å². The molecule has 0 radical (unpaired) electrons. The molecule has 5 nitrogen and oxygen atoms in total. The van der Waals surface area contributed by atoms with Gasteiger partial charge in [-0.1, -0.05) is 0 Å². The van der Waals surface area contributed by atoms with E-state index in [0.29, 0.717) is 5.69 Å². The largest absolute Gasteiger partial charge is 0.399 e. The van der Waals surface area contributed by atoms with Gasteiger partial charge in [0, 0.05) is 5.69 Å². The van der Waals surface area contributed by atoms with Crippen LogP contribution in [0.2, 0.25) is 0 Å². The van der Waals surface area contributed by atoms with Crippen molar-refractivity contribution in [3.63, 3.8) is 0 Å². The maximum Gasteiger partial charge on any atom is 0.238 e. The van der Waals surface area contributed by atoms with Gasteiger partial charge in [-0.3, -0.25) is 0 Å². The van der Waals surface area contributed by atoms with Gasteiger partial charge < -0.3 is 10.5 Å². The molecule has 0 bridgehead atoms. The Morgan fingerprint density at radius 3 is 1.86 bits per heavy atom. The van der Waals surface area contributed by atoms with Crippen LogP contribution in [-0.2, 0) is 14.8 Å². The fourth-order valence-electron chi connectivity index (χ4n) is 0.658. The van der Waals surface area contributed by atoms with Gasteiger partial charge in [-0.05, 0) is 24.3 Å². The van der Waals surface area contributed by atoms with Gasteiger partial charge in [0.1, 0.15) is 0 Å². The zero-order chi connectivity index (χ0) is 10.6. The first-order chi connectivity index (χ1) is 6.50. The summed E-state index contributed by atoms with van der Waals surface area (Å²) in [4.78, 5) is 0.0756. The number of ether oxygens (including phenoxy) is 1. The quantitative estimate of drug-likeness (QED) is 0.507. The summed E-state index contributed by atoms with van der Waals surface area (Å²) in [6.45, 7) is 2.00. The standard InChI is InChI=1S/C6H8N2O2S.C2H4O/c7-5-1-3-6(4-2-5)11(8,9)10;1-2-3-1/h1-4H,7H2,(H2,8,9,10);1-2H2. The highest BCUT2D eigenvalue weighted by Gasteiger charge is 2.04. The van der Waals surface area contributed by atoms with Gasteiger partial charge in [0.05, 0.1) is 18.1 Å². The average molecular weight is 216 g/mol. The summed E-state index contributed by atoms with van der Waals surface area (Å²) in [5.74, 6) is 0. The molecule has 14 heavy (non-hydrogen) atoms. The highest BCUT2D eigenvalue weighted by Crippen LogP contribution is 2.08. The van der Waals surface area contributed by atoms with Gasteiger partial charge in [-0.2, -0.15) is 0 Å². The molecule has 0 saturated carbocycles. The molecule has 78 valence electrons. The molecule has 1 fully saturated rings. The topological polar surface area (TPSA) is 98.7 Å². The molecule has 1 heterocycles. The Morgan fingerprint density at radius 2 is 1.57 bits per heavy atom. The third kappa shape index (κ3) is 4.22. The van der Waals surface area contributed by atoms with Crippen LogP contribution < -0.4 is 10.9 Å². The Balaban J connectivity index is 0.000000276. The summed E-state index contributed by atoms with van der Waals surface area (Å²) in [6.07, 6.45) is 0. The molecule has 1 aliphatic rings. The van der Waals surface area contributed by atoms with E-state index in [4.69, 9.17) is 10.9 Å². The van der Waals surface area contributed by atoms with Crippen LogP contribution in [0.25, 0.3) is 0 Å². The van der Waals surface area contributed by atoms with Crippen molar-refractivity contribution < 1.29 is 13.2 Å². The summed E-state index contributed by atoms with van der Waals surface area (Å²) in [5.41, 5.74) is 5.85. The molecule has 6 heteroatoms. The Labute approximate surface area is 82.7 Å². The van der Waals surface area contributed by atoms with Gasteiger partial charge >= 0.3 is 0 Å². The molecule has 0 amide bonds. The van der Waals surface area contributed by atoms with Crippen LogP contribution in [0.4, 0.5) is 5.69 Å². The van der Waals surface area contributed by atoms with Crippen molar-refractivity contribution in [2.75, 3.05) is 18.9 Å². The fourth-order valence-corrected chi connectivity index (χ4v) is 1.17. The highest BCUT2D eigenvalue weighted by atomic mass is 32.2. The minimum Gasteiger partial charge on any atom is -0.399 e. The van der Waals surface area contributed by atoms with Gasteiger partial charge in [-0.15, -0.1) is 0 Å². The number of benzene rings is 1. The van der Waals surface area contributed by atoms with Crippen LogP contribution in [0.3, 0.4) is 0 Å². The molecule has 0 unspecified atom stereocenters. The maximum atomic E-state index is 10.7. The van der Waals surface area contributed by atoms with Crippen molar-refractivity contribution in [3.8, 4) is 0 Å². The number of sulfonamides is 1. The molecule has 0 atom stereocenters. The molecular weight excluding hydrogens is 204 g/mol. The molecule has 1 aromatic carbocycles. The predicted molar refractivity (Wildman–Crippen MR) is 53.0 cm³/mol. The predicted octanol–water partition coefficient (Wildman–Crippen LogP) is -0.0672. The molecule has 1 saturated heterocycles. The molecule has 1 aliphatic heterocycles. The van der Waals surface area contributed by atoms with Crippen molar-refractivity contribution in [2.24, 2.45) is 5.14 Å². The lowest BCUT2D eigenvalue weighted by atomic mass is 10.3. The van der Waals surface area contributed by atoms with Gasteiger partial charge in [0.25, 0.3) is 0 Å². The van der Waals surface area contributed by atoms with E-state index in [-0.39, 0.29) is 4.90 Å². The molecule has 0 aromatic heterocycles. The minimum atomic E-state index is -3.58. The summed E-state index contributed by atoms with van der Waals surface area (Å²) in [7, 11) is -3.58. The van der Waals surface area contributed by atoms with Gasteiger partial charge in [0.2, 0.25) is 10.0 Å². The third-order valence-electron chi connectivity index (χ3n) is 1.41. The maximum absolute atomic E-state index is 10.7. The molecule has 0 aliphatic carbocycles. The first-order valence-corrected chi connectivity index (χ1v) is 5.51. The number of nitrogens with two attached hydrogens (primary N) is 2. The summed E-state index contributed by atoms with van der Waals surface area (Å²) in [6, 6.07) is 5.70. The third-order valence-corrected chi connectivity index (χ3v) is 2.34. The van der Waals surface area contributed by atoms with E-state index in [1.54, 1.807) is 0 Å². The Morgan fingerprint density at radius 1 is 1.14 bits per heavy atom. The van der Waals surface area contributed by atoms with Crippen LogP contribution in [-0.4, -0.2) is 21.6 Å². The molecule has 0 spiro atoms. The van der Waals surface area contributed by atoms with E-state index in [0.717, 1.165) is 13.2 Å². The van der Waals surface area contributed by atoms with Crippen molar-refractivity contribution in [3.05, 3.63) is 24.3 Å². The van der Waals surface area contributed by atoms with Crippen molar-refractivity contribution in [1.82, 2.24) is 0 Å². The Kier molecular flexibility index (Phi) is 3.45. The Bertz CT molecular complexity index is 381. The number of epoxide rings is 1. The van der Waals surface area contributed by atoms with E-state index in [1.807, 2.05) is 0 Å². The zero-order valence-corrected chi connectivity index (χ0v) is 8.33. The second-order valence-corrected chi connectivity index (χ2v) is 4.29. The van der Waals surface area contributed by atoms with Crippen LogP contribution in [0.5, 0.6) is 0 Å². The molecular formula is C8H12N2O3S. The number of hydrogen-bond acceptors (Lipinski definition) is 4. The minimum absolute atomic E-state index is 0.0756. The second-order valence-electron chi connectivity index (χ2n) is 2.73. The number of nitrogen functional groups attached to an aromatic ring is 1. The van der Waals surface area contributed by atoms with E-state index in [9.17, 15) is 8.42 Å². The van der Waals surface area contributed by atoms with Crippen molar-refractivity contribution in [2.45, 2.75) is 4.90 Å². The Hall–Kier alpha value is -1.11. The molecule has 4 N–H and O–H groups in total. The smallest absolute Gasteiger partial charge is 0.238 e. The zero-order valence-electron chi connectivity index (χ0n) is 7.51. The summed E-state index contributed by atoms with van der Waals surface area (Å²) < 4.78 is 25.9. The van der Waals surface area contributed by atoms with Crippen LogP contribution in [0.15, 0.2) is 29.2 Å². The summed E-state index contributed by atoms with van der Waals surface area (Å²) in [5, 5.41) is 4.84. The second kappa shape index (κ2) is 4.41. The van der Waals surface area contributed by atoms with E-state index < -0.39 is 10.0 Å². The SMILES string of the molecule is C1CO1.Nc1ccc(S(N)(=O)=O)cc1. The van der Waals surface area contributed by atoms with Crippen molar-refractivity contribution >= 4 is 15.7 Å². The number of hydrogen-bond donors (Lipinski definition) is 2. The fraction of sp³-hybridized carbons (Fsp3) is 0.250. The molecule has 1 aromatic rings. The number of anilines is 1. The normalized spacial score (nSPS) is 14.1. The van der Waals surface area contributed by atoms with E-state index in [1.165, 1.54) is 24.3 Å². The first-order valence-electron chi connectivity index (χ1n) is 3.96. The lowest BCUT2D eigenvalue weighted by Gasteiger charge is -1.96. The average Bonchev–Trinajstić information content (AvgIpc) is 2.88. The van der Waals surface area contributed by atoms with Crippen molar-refractivity contribution in [1.29, 1.82) is 0 Å².